The normalized spacial score (nSPS) is 21.9. The minimum absolute atomic E-state index is 0.0674. The lowest BCUT2D eigenvalue weighted by atomic mass is 9.97. The number of aromatic hydroxyl groups is 1. The molecule has 0 amide bonds. The average Bonchev–Trinajstić information content (AvgIpc) is 3.25. The molecule has 1 saturated heterocycles. The fourth-order valence-electron chi connectivity index (χ4n) is 2.98. The molecule has 3 rings (SSSR count). The Morgan fingerprint density at radius 3 is 2.70 bits per heavy atom. The van der Waals surface area contributed by atoms with Crippen LogP contribution in [0.1, 0.15) is 30.9 Å². The molecule has 20 heavy (non-hydrogen) atoms. The molecule has 1 aliphatic heterocycles. The first-order chi connectivity index (χ1) is 9.65. The van der Waals surface area contributed by atoms with E-state index < -0.39 is 5.82 Å². The summed E-state index contributed by atoms with van der Waals surface area (Å²) < 4.78 is 13.8. The number of phenolic OH excluding ortho intramolecular Hbond substituents is 1. The van der Waals surface area contributed by atoms with Crippen molar-refractivity contribution in [3.63, 3.8) is 0 Å². The van der Waals surface area contributed by atoms with Crippen molar-refractivity contribution >= 4 is 11.6 Å². The highest BCUT2D eigenvalue weighted by Gasteiger charge is 2.32. The van der Waals surface area contributed by atoms with E-state index in [0.717, 1.165) is 32.6 Å². The first-order valence-corrected chi connectivity index (χ1v) is 7.65. The predicted octanol–water partition coefficient (Wildman–Crippen LogP) is 2.93. The van der Waals surface area contributed by atoms with Crippen molar-refractivity contribution in [1.29, 1.82) is 0 Å². The summed E-state index contributed by atoms with van der Waals surface area (Å²) in [6.07, 6.45) is 3.46. The van der Waals surface area contributed by atoms with Gasteiger partial charge in [0.1, 0.15) is 0 Å². The molecule has 2 N–H and O–H groups in total. The molecule has 5 heteroatoms. The number of nitrogens with zero attached hydrogens (tertiary/aromatic N) is 1. The molecule has 1 aromatic rings. The minimum atomic E-state index is -0.622. The number of phenols is 1. The van der Waals surface area contributed by atoms with Gasteiger partial charge in [0.15, 0.2) is 11.6 Å². The zero-order valence-corrected chi connectivity index (χ0v) is 12.2. The Morgan fingerprint density at radius 1 is 1.35 bits per heavy atom. The standard InChI is InChI=1S/C15H20ClFN2O/c16-11-8-12(15(20)13(17)9-11)14(7-10-1-2-10)19-5-3-18-4-6-19/h8-10,14,18,20H,1-7H2/t14-/m1/s1. The molecule has 110 valence electrons. The number of halogens is 2. The van der Waals surface area contributed by atoms with Crippen LogP contribution in [0.15, 0.2) is 12.1 Å². The smallest absolute Gasteiger partial charge is 0.166 e. The van der Waals surface area contributed by atoms with Gasteiger partial charge in [-0.05, 0) is 24.5 Å². The zero-order chi connectivity index (χ0) is 14.1. The molecule has 1 saturated carbocycles. The molecule has 2 fully saturated rings. The van der Waals surface area contributed by atoms with Gasteiger partial charge in [-0.25, -0.2) is 4.39 Å². The third kappa shape index (κ3) is 3.08. The number of hydrogen-bond donors (Lipinski definition) is 2. The Labute approximate surface area is 123 Å². The van der Waals surface area contributed by atoms with Crippen molar-refractivity contribution in [3.8, 4) is 5.75 Å². The summed E-state index contributed by atoms with van der Waals surface area (Å²) in [4.78, 5) is 2.33. The van der Waals surface area contributed by atoms with Crippen LogP contribution in [0.25, 0.3) is 0 Å². The van der Waals surface area contributed by atoms with Gasteiger partial charge in [0.25, 0.3) is 0 Å². The van der Waals surface area contributed by atoms with E-state index in [1.54, 1.807) is 6.07 Å². The van der Waals surface area contributed by atoms with Gasteiger partial charge in [-0.2, -0.15) is 0 Å². The maximum atomic E-state index is 13.8. The maximum Gasteiger partial charge on any atom is 0.166 e. The van der Waals surface area contributed by atoms with E-state index in [1.165, 1.54) is 18.9 Å². The molecule has 1 aromatic carbocycles. The van der Waals surface area contributed by atoms with E-state index in [2.05, 4.69) is 10.2 Å². The third-order valence-electron chi connectivity index (χ3n) is 4.26. The van der Waals surface area contributed by atoms with E-state index in [-0.39, 0.29) is 11.8 Å². The Balaban J connectivity index is 1.90. The van der Waals surface area contributed by atoms with Crippen LogP contribution in [0.2, 0.25) is 5.02 Å². The van der Waals surface area contributed by atoms with E-state index in [0.29, 0.717) is 16.5 Å². The molecule has 0 radical (unpaired) electrons. The lowest BCUT2D eigenvalue weighted by Crippen LogP contribution is -2.45. The van der Waals surface area contributed by atoms with E-state index in [9.17, 15) is 9.50 Å². The van der Waals surface area contributed by atoms with Gasteiger partial charge >= 0.3 is 0 Å². The number of hydrogen-bond acceptors (Lipinski definition) is 3. The van der Waals surface area contributed by atoms with Crippen molar-refractivity contribution in [2.24, 2.45) is 5.92 Å². The van der Waals surface area contributed by atoms with Gasteiger partial charge in [-0.1, -0.05) is 24.4 Å². The van der Waals surface area contributed by atoms with Gasteiger partial charge in [0.2, 0.25) is 0 Å². The van der Waals surface area contributed by atoms with Crippen LogP contribution in [-0.2, 0) is 0 Å². The molecule has 0 spiro atoms. The molecule has 2 aliphatic rings. The Hall–Kier alpha value is -0.840. The van der Waals surface area contributed by atoms with E-state index in [4.69, 9.17) is 11.6 Å². The summed E-state index contributed by atoms with van der Waals surface area (Å²) in [6, 6.07) is 2.96. The van der Waals surface area contributed by atoms with Gasteiger partial charge in [0, 0.05) is 42.8 Å². The number of nitrogens with one attached hydrogen (secondary N) is 1. The minimum Gasteiger partial charge on any atom is -0.505 e. The summed E-state index contributed by atoms with van der Waals surface area (Å²) in [7, 11) is 0. The third-order valence-corrected chi connectivity index (χ3v) is 4.48. The number of piperazine rings is 1. The highest BCUT2D eigenvalue weighted by molar-refractivity contribution is 6.30. The van der Waals surface area contributed by atoms with Crippen molar-refractivity contribution in [1.82, 2.24) is 10.2 Å². The molecular formula is C15H20ClFN2O. The van der Waals surface area contributed by atoms with Gasteiger partial charge in [0.05, 0.1) is 0 Å². The Kier molecular flexibility index (Phi) is 4.15. The molecule has 0 aromatic heterocycles. The van der Waals surface area contributed by atoms with Gasteiger partial charge < -0.3 is 10.4 Å². The molecule has 3 nitrogen and oxygen atoms in total. The summed E-state index contributed by atoms with van der Waals surface area (Å²) in [5.74, 6) is -0.154. The number of benzene rings is 1. The lowest BCUT2D eigenvalue weighted by molar-refractivity contribution is 0.157. The number of rotatable bonds is 4. The SMILES string of the molecule is Oc1c(F)cc(Cl)cc1[C@@H](CC1CC1)N1CCNCC1. The average molecular weight is 299 g/mol. The monoisotopic (exact) mass is 298 g/mol. The van der Waals surface area contributed by atoms with Crippen LogP contribution in [0.4, 0.5) is 4.39 Å². The van der Waals surface area contributed by atoms with Crippen molar-refractivity contribution in [2.75, 3.05) is 26.2 Å². The fourth-order valence-corrected chi connectivity index (χ4v) is 3.19. The molecule has 1 atom stereocenters. The first-order valence-electron chi connectivity index (χ1n) is 7.28. The molecule has 1 aliphatic carbocycles. The van der Waals surface area contributed by atoms with Crippen molar-refractivity contribution in [3.05, 3.63) is 28.5 Å². The van der Waals surface area contributed by atoms with Crippen LogP contribution in [-0.4, -0.2) is 36.2 Å². The van der Waals surface area contributed by atoms with Crippen molar-refractivity contribution < 1.29 is 9.50 Å². The van der Waals surface area contributed by atoms with Crippen molar-refractivity contribution in [2.45, 2.75) is 25.3 Å². The summed E-state index contributed by atoms with van der Waals surface area (Å²) in [6.45, 7) is 3.71. The zero-order valence-electron chi connectivity index (χ0n) is 11.4. The van der Waals surface area contributed by atoms with Crippen LogP contribution < -0.4 is 5.32 Å². The highest BCUT2D eigenvalue weighted by atomic mass is 35.5. The Bertz CT molecular complexity index is 487. The molecule has 0 unspecified atom stereocenters. The van der Waals surface area contributed by atoms with E-state index >= 15 is 0 Å². The highest BCUT2D eigenvalue weighted by Crippen LogP contribution is 2.43. The quantitative estimate of drug-likeness (QED) is 0.897. The van der Waals surface area contributed by atoms with Crippen LogP contribution in [0.5, 0.6) is 5.75 Å². The van der Waals surface area contributed by atoms with Crippen LogP contribution >= 0.6 is 11.6 Å². The van der Waals surface area contributed by atoms with Gasteiger partial charge in [-0.15, -0.1) is 0 Å². The van der Waals surface area contributed by atoms with Crippen LogP contribution in [0.3, 0.4) is 0 Å². The molecule has 1 heterocycles. The second-order valence-electron chi connectivity index (χ2n) is 5.81. The fraction of sp³-hybridized carbons (Fsp3) is 0.600. The topological polar surface area (TPSA) is 35.5 Å². The van der Waals surface area contributed by atoms with E-state index in [1.807, 2.05) is 0 Å². The summed E-state index contributed by atoms with van der Waals surface area (Å²) in [5, 5.41) is 13.8. The molecular weight excluding hydrogens is 279 g/mol. The summed E-state index contributed by atoms with van der Waals surface area (Å²) >= 11 is 5.98. The second kappa shape index (κ2) is 5.88. The van der Waals surface area contributed by atoms with Crippen LogP contribution in [0, 0.1) is 11.7 Å². The maximum absolute atomic E-state index is 13.8. The van der Waals surface area contributed by atoms with Gasteiger partial charge in [-0.3, -0.25) is 4.90 Å². The Morgan fingerprint density at radius 2 is 2.05 bits per heavy atom. The first kappa shape index (κ1) is 14.1. The lowest BCUT2D eigenvalue weighted by Gasteiger charge is -2.35. The molecule has 0 bridgehead atoms. The predicted molar refractivity (Wildman–Crippen MR) is 77.6 cm³/mol. The summed E-state index contributed by atoms with van der Waals surface area (Å²) in [5.41, 5.74) is 0.642. The second-order valence-corrected chi connectivity index (χ2v) is 6.24. The largest absolute Gasteiger partial charge is 0.505 e.